The molecule has 0 aliphatic carbocycles. The molecular weight excluding hydrogens is 313 g/mol. The molecule has 0 spiro atoms. The molecule has 2 rings (SSSR count). The fraction of sp³-hybridized carbons (Fsp3) is 0.286. The molecule has 1 unspecified atom stereocenters. The molecule has 0 bridgehead atoms. The van der Waals surface area contributed by atoms with Gasteiger partial charge in [0.15, 0.2) is 0 Å². The molecular formula is C14H15BrFNS. The molecule has 1 atom stereocenters. The Labute approximate surface area is 119 Å². The molecule has 1 aromatic heterocycles. The second kappa shape index (κ2) is 5.51. The fourth-order valence-corrected chi connectivity index (χ4v) is 3.09. The van der Waals surface area contributed by atoms with E-state index in [-0.39, 0.29) is 11.9 Å². The fourth-order valence-electron chi connectivity index (χ4n) is 1.67. The summed E-state index contributed by atoms with van der Waals surface area (Å²) in [5, 5.41) is 0. The minimum absolute atomic E-state index is 0.0454. The first-order chi connectivity index (χ1) is 8.49. The summed E-state index contributed by atoms with van der Waals surface area (Å²) in [6, 6.07) is 9.26. The van der Waals surface area contributed by atoms with Crippen LogP contribution in [0.2, 0.25) is 0 Å². The Morgan fingerprint density at radius 1 is 1.22 bits per heavy atom. The maximum Gasteiger partial charge on any atom is 0.138 e. The van der Waals surface area contributed by atoms with Crippen molar-refractivity contribution in [1.82, 2.24) is 0 Å². The van der Waals surface area contributed by atoms with E-state index in [1.807, 2.05) is 18.2 Å². The molecule has 0 aliphatic rings. The molecule has 2 N–H and O–H groups in total. The first kappa shape index (κ1) is 13.7. The number of hydrogen-bond acceptors (Lipinski definition) is 2. The zero-order valence-electron chi connectivity index (χ0n) is 10.3. The lowest BCUT2D eigenvalue weighted by Gasteiger charge is -2.12. The van der Waals surface area contributed by atoms with Gasteiger partial charge in [0.25, 0.3) is 0 Å². The van der Waals surface area contributed by atoms with Crippen molar-refractivity contribution in [2.24, 2.45) is 11.7 Å². The molecule has 0 saturated heterocycles. The van der Waals surface area contributed by atoms with E-state index in [2.05, 4.69) is 29.8 Å². The van der Waals surface area contributed by atoms with Gasteiger partial charge >= 0.3 is 0 Å². The van der Waals surface area contributed by atoms with Gasteiger partial charge < -0.3 is 5.73 Å². The number of hydrogen-bond donors (Lipinski definition) is 1. The monoisotopic (exact) mass is 327 g/mol. The maximum atomic E-state index is 13.5. The highest BCUT2D eigenvalue weighted by atomic mass is 79.9. The lowest BCUT2D eigenvalue weighted by atomic mass is 10.0. The SMILES string of the molecule is CC(C)C(N)c1ccc(-c2ccc(Br)c(F)c2)s1. The Bertz CT molecular complexity index is 550. The van der Waals surface area contributed by atoms with Gasteiger partial charge in [-0.25, -0.2) is 4.39 Å². The van der Waals surface area contributed by atoms with E-state index in [0.29, 0.717) is 10.4 Å². The summed E-state index contributed by atoms with van der Waals surface area (Å²) >= 11 is 4.79. The molecule has 18 heavy (non-hydrogen) atoms. The van der Waals surface area contributed by atoms with Gasteiger partial charge in [0.2, 0.25) is 0 Å². The van der Waals surface area contributed by atoms with Crippen molar-refractivity contribution in [3.05, 3.63) is 45.5 Å². The van der Waals surface area contributed by atoms with Crippen molar-refractivity contribution in [3.8, 4) is 10.4 Å². The minimum Gasteiger partial charge on any atom is -0.323 e. The molecule has 0 amide bonds. The molecule has 1 nitrogen and oxygen atoms in total. The molecule has 1 aromatic carbocycles. The molecule has 0 saturated carbocycles. The zero-order chi connectivity index (χ0) is 13.3. The molecule has 0 aliphatic heterocycles. The van der Waals surface area contributed by atoms with E-state index in [1.54, 1.807) is 23.5 Å². The standard InChI is InChI=1S/C14H15BrFNS/c1-8(2)14(17)13-6-5-12(18-13)9-3-4-10(15)11(16)7-9/h3-8,14H,17H2,1-2H3. The normalized spacial score (nSPS) is 13.0. The van der Waals surface area contributed by atoms with Crippen molar-refractivity contribution in [2.75, 3.05) is 0 Å². The average Bonchev–Trinajstić information content (AvgIpc) is 2.81. The lowest BCUT2D eigenvalue weighted by molar-refractivity contribution is 0.521. The first-order valence-electron chi connectivity index (χ1n) is 5.79. The predicted octanol–water partition coefficient (Wildman–Crippen LogP) is 4.97. The van der Waals surface area contributed by atoms with Crippen LogP contribution in [0.5, 0.6) is 0 Å². The summed E-state index contributed by atoms with van der Waals surface area (Å²) in [5.41, 5.74) is 7.00. The summed E-state index contributed by atoms with van der Waals surface area (Å²) in [7, 11) is 0. The van der Waals surface area contributed by atoms with Gasteiger partial charge in [-0.3, -0.25) is 0 Å². The number of benzene rings is 1. The molecule has 4 heteroatoms. The third-order valence-corrected chi connectivity index (χ3v) is 4.76. The highest BCUT2D eigenvalue weighted by molar-refractivity contribution is 9.10. The van der Waals surface area contributed by atoms with Crippen LogP contribution in [-0.4, -0.2) is 0 Å². The van der Waals surface area contributed by atoms with Crippen LogP contribution in [0.4, 0.5) is 4.39 Å². The highest BCUT2D eigenvalue weighted by Crippen LogP contribution is 2.34. The molecule has 0 fully saturated rings. The van der Waals surface area contributed by atoms with Crippen LogP contribution in [0.25, 0.3) is 10.4 Å². The van der Waals surface area contributed by atoms with Crippen LogP contribution in [0.15, 0.2) is 34.8 Å². The van der Waals surface area contributed by atoms with Gasteiger partial charge in [-0.05, 0) is 51.7 Å². The zero-order valence-corrected chi connectivity index (χ0v) is 12.7. The van der Waals surface area contributed by atoms with Gasteiger partial charge in [0.05, 0.1) is 4.47 Å². The average molecular weight is 328 g/mol. The number of nitrogens with two attached hydrogens (primary N) is 1. The van der Waals surface area contributed by atoms with Gasteiger partial charge in [0.1, 0.15) is 5.82 Å². The summed E-state index contributed by atoms with van der Waals surface area (Å²) in [5.74, 6) is 0.161. The van der Waals surface area contributed by atoms with Gasteiger partial charge in [-0.15, -0.1) is 11.3 Å². The third-order valence-electron chi connectivity index (χ3n) is 2.88. The highest BCUT2D eigenvalue weighted by Gasteiger charge is 2.14. The van der Waals surface area contributed by atoms with E-state index >= 15 is 0 Å². The summed E-state index contributed by atoms with van der Waals surface area (Å²) in [6.07, 6.45) is 0. The topological polar surface area (TPSA) is 26.0 Å². The predicted molar refractivity (Wildman–Crippen MR) is 79.2 cm³/mol. The summed E-state index contributed by atoms with van der Waals surface area (Å²) < 4.78 is 14.0. The Balaban J connectivity index is 2.32. The van der Waals surface area contributed by atoms with E-state index in [9.17, 15) is 4.39 Å². The van der Waals surface area contributed by atoms with E-state index in [4.69, 9.17) is 5.73 Å². The number of rotatable bonds is 3. The number of halogens is 2. The van der Waals surface area contributed by atoms with Crippen molar-refractivity contribution in [2.45, 2.75) is 19.9 Å². The molecule has 0 radical (unpaired) electrons. The number of thiophene rings is 1. The third kappa shape index (κ3) is 2.82. The largest absolute Gasteiger partial charge is 0.323 e. The quantitative estimate of drug-likeness (QED) is 0.845. The molecule has 96 valence electrons. The van der Waals surface area contributed by atoms with Crippen LogP contribution in [0.3, 0.4) is 0 Å². The smallest absolute Gasteiger partial charge is 0.138 e. The van der Waals surface area contributed by atoms with E-state index in [1.165, 1.54) is 0 Å². The van der Waals surface area contributed by atoms with Crippen molar-refractivity contribution in [1.29, 1.82) is 0 Å². The Morgan fingerprint density at radius 2 is 1.94 bits per heavy atom. The Hall–Kier alpha value is -0.710. The lowest BCUT2D eigenvalue weighted by Crippen LogP contribution is -2.14. The van der Waals surface area contributed by atoms with Gasteiger partial charge in [-0.1, -0.05) is 19.9 Å². The van der Waals surface area contributed by atoms with Crippen molar-refractivity contribution in [3.63, 3.8) is 0 Å². The first-order valence-corrected chi connectivity index (χ1v) is 7.40. The molecule has 1 heterocycles. The molecule has 2 aromatic rings. The minimum atomic E-state index is -0.240. The van der Waals surface area contributed by atoms with Gasteiger partial charge in [0, 0.05) is 15.8 Å². The van der Waals surface area contributed by atoms with E-state index in [0.717, 1.165) is 15.3 Å². The van der Waals surface area contributed by atoms with Crippen molar-refractivity contribution < 1.29 is 4.39 Å². The summed E-state index contributed by atoms with van der Waals surface area (Å²) in [4.78, 5) is 2.19. The summed E-state index contributed by atoms with van der Waals surface area (Å²) in [6.45, 7) is 4.20. The van der Waals surface area contributed by atoms with Crippen molar-refractivity contribution >= 4 is 27.3 Å². The van der Waals surface area contributed by atoms with Crippen LogP contribution >= 0.6 is 27.3 Å². The van der Waals surface area contributed by atoms with Crippen LogP contribution in [0.1, 0.15) is 24.8 Å². The maximum absolute atomic E-state index is 13.5. The Morgan fingerprint density at radius 3 is 2.56 bits per heavy atom. The second-order valence-corrected chi connectivity index (χ2v) is 6.57. The van der Waals surface area contributed by atoms with Gasteiger partial charge in [-0.2, -0.15) is 0 Å². The van der Waals surface area contributed by atoms with Crippen LogP contribution in [0, 0.1) is 11.7 Å². The second-order valence-electron chi connectivity index (χ2n) is 4.60. The van der Waals surface area contributed by atoms with Crippen LogP contribution in [-0.2, 0) is 0 Å². The van der Waals surface area contributed by atoms with Crippen LogP contribution < -0.4 is 5.73 Å². The van der Waals surface area contributed by atoms with E-state index < -0.39 is 0 Å². The Kier molecular flexibility index (Phi) is 4.20.